The van der Waals surface area contributed by atoms with Gasteiger partial charge in [-0.25, -0.2) is 18.1 Å². The Morgan fingerprint density at radius 3 is 2.30 bits per heavy atom. The molecule has 0 spiro atoms. The number of nitrogens with zero attached hydrogens (tertiary/aromatic N) is 4. The molecule has 1 aliphatic rings. The summed E-state index contributed by atoms with van der Waals surface area (Å²) >= 11 is 0. The largest absolute Gasteiger partial charge is 0.457 e. The van der Waals surface area contributed by atoms with E-state index in [1.54, 1.807) is 0 Å². The minimum Gasteiger partial charge on any atom is -0.457 e. The van der Waals surface area contributed by atoms with E-state index >= 15 is 0 Å². The fourth-order valence-corrected chi connectivity index (χ4v) is 5.16. The zero-order valence-electron chi connectivity index (χ0n) is 18.0. The molecule has 1 heterocycles. The number of benzene rings is 3. The van der Waals surface area contributed by atoms with Gasteiger partial charge in [0.05, 0.1) is 6.54 Å². The Labute approximate surface area is 193 Å². The van der Waals surface area contributed by atoms with Crippen LogP contribution in [0.15, 0.2) is 96.4 Å². The van der Waals surface area contributed by atoms with Crippen LogP contribution in [-0.2, 0) is 23.1 Å². The quantitative estimate of drug-likeness (QED) is 0.368. The van der Waals surface area contributed by atoms with Gasteiger partial charge in [0.2, 0.25) is 0 Å². The van der Waals surface area contributed by atoms with Crippen LogP contribution in [-0.4, -0.2) is 33.5 Å². The second kappa shape index (κ2) is 9.17. The van der Waals surface area contributed by atoms with Gasteiger partial charge in [-0.3, -0.25) is 0 Å². The Morgan fingerprint density at radius 1 is 0.909 bits per heavy atom. The molecule has 0 radical (unpaired) electrons. The van der Waals surface area contributed by atoms with Gasteiger partial charge < -0.3 is 4.74 Å². The highest BCUT2D eigenvalue weighted by molar-refractivity contribution is 7.89. The lowest BCUT2D eigenvalue weighted by molar-refractivity contribution is 0.393. The smallest absolute Gasteiger partial charge is 0.282 e. The molecule has 168 valence electrons. The number of hydrogen-bond acceptors (Lipinski definition) is 5. The molecule has 1 aliphatic carbocycles. The highest BCUT2D eigenvalue weighted by Crippen LogP contribution is 2.33. The van der Waals surface area contributed by atoms with Crippen molar-refractivity contribution in [2.45, 2.75) is 37.1 Å². The van der Waals surface area contributed by atoms with Crippen LogP contribution in [0, 0.1) is 0 Å². The van der Waals surface area contributed by atoms with E-state index in [9.17, 15) is 8.42 Å². The minimum atomic E-state index is -3.81. The highest BCUT2D eigenvalue weighted by Gasteiger charge is 2.40. The fraction of sp³-hybridized carbons (Fsp3) is 0.200. The van der Waals surface area contributed by atoms with Gasteiger partial charge in [-0.2, -0.15) is 4.31 Å². The Morgan fingerprint density at radius 2 is 1.58 bits per heavy atom. The molecule has 1 aromatic heterocycles. The van der Waals surface area contributed by atoms with E-state index in [-0.39, 0.29) is 11.2 Å². The Kier molecular flexibility index (Phi) is 5.93. The van der Waals surface area contributed by atoms with Crippen LogP contribution in [0.2, 0.25) is 0 Å². The molecule has 0 bridgehead atoms. The summed E-state index contributed by atoms with van der Waals surface area (Å²) < 4.78 is 35.8. The summed E-state index contributed by atoms with van der Waals surface area (Å²) in [7, 11) is -3.81. The third-order valence-corrected chi connectivity index (χ3v) is 7.16. The van der Waals surface area contributed by atoms with Crippen LogP contribution in [0.3, 0.4) is 0 Å². The number of hydrogen-bond donors (Lipinski definition) is 0. The molecule has 0 unspecified atom stereocenters. The molecule has 33 heavy (non-hydrogen) atoms. The van der Waals surface area contributed by atoms with Crippen molar-refractivity contribution in [3.8, 4) is 11.5 Å². The number of para-hydroxylation sites is 2. The zero-order chi connectivity index (χ0) is 22.7. The average Bonchev–Trinajstić information content (AvgIpc) is 3.56. The summed E-state index contributed by atoms with van der Waals surface area (Å²) in [4.78, 5) is 4.15. The molecule has 4 aromatic rings. The third-order valence-electron chi connectivity index (χ3n) is 5.47. The topological polar surface area (TPSA) is 77.3 Å². The van der Waals surface area contributed by atoms with E-state index in [4.69, 9.17) is 4.74 Å². The molecule has 0 N–H and O–H groups in total. The van der Waals surface area contributed by atoms with Crippen molar-refractivity contribution in [2.24, 2.45) is 0 Å². The van der Waals surface area contributed by atoms with E-state index in [0.29, 0.717) is 18.8 Å². The van der Waals surface area contributed by atoms with Crippen molar-refractivity contribution in [3.63, 3.8) is 0 Å². The number of sulfonamides is 1. The van der Waals surface area contributed by atoms with E-state index in [1.165, 1.54) is 15.3 Å². The zero-order valence-corrected chi connectivity index (χ0v) is 18.8. The first-order valence-corrected chi connectivity index (χ1v) is 12.3. The van der Waals surface area contributed by atoms with Gasteiger partial charge in [0.15, 0.2) is 0 Å². The van der Waals surface area contributed by atoms with Gasteiger partial charge in [-0.1, -0.05) is 66.7 Å². The highest BCUT2D eigenvalue weighted by atomic mass is 32.2. The maximum absolute atomic E-state index is 13.4. The molecule has 7 nitrogen and oxygen atoms in total. The third kappa shape index (κ3) is 4.97. The van der Waals surface area contributed by atoms with Gasteiger partial charge >= 0.3 is 0 Å². The molecule has 5 rings (SSSR count). The normalized spacial score (nSPS) is 13.8. The van der Waals surface area contributed by atoms with Crippen LogP contribution in [0.1, 0.15) is 24.0 Å². The standard InChI is InChI=1S/C25H24N4O3S/c30-33(31,29(22-15-16-22)17-20-9-3-1-4-10-20)25-26-19-28(27-25)18-21-11-7-8-14-24(21)32-23-12-5-2-6-13-23/h1-14,19,22H,15-18H2. The van der Waals surface area contributed by atoms with E-state index in [2.05, 4.69) is 10.1 Å². The first-order valence-electron chi connectivity index (χ1n) is 10.9. The first kappa shape index (κ1) is 21.4. The van der Waals surface area contributed by atoms with Crippen LogP contribution < -0.4 is 4.74 Å². The molecule has 0 atom stereocenters. The van der Waals surface area contributed by atoms with E-state index in [0.717, 1.165) is 29.7 Å². The van der Waals surface area contributed by atoms with Crippen molar-refractivity contribution < 1.29 is 13.2 Å². The summed E-state index contributed by atoms with van der Waals surface area (Å²) in [6, 6.07) is 26.7. The predicted octanol–water partition coefficient (Wildman–Crippen LogP) is 4.47. The lowest BCUT2D eigenvalue weighted by atomic mass is 10.2. The summed E-state index contributed by atoms with van der Waals surface area (Å²) in [6.45, 7) is 0.657. The van der Waals surface area contributed by atoms with Crippen molar-refractivity contribution >= 4 is 10.0 Å². The molecule has 8 heteroatoms. The van der Waals surface area contributed by atoms with Crippen molar-refractivity contribution in [1.82, 2.24) is 19.1 Å². The molecule has 0 amide bonds. The molecular weight excluding hydrogens is 436 g/mol. The molecule has 1 fully saturated rings. The maximum Gasteiger partial charge on any atom is 0.282 e. The average molecular weight is 461 g/mol. The van der Waals surface area contributed by atoms with Gasteiger partial charge in [0, 0.05) is 18.2 Å². The fourth-order valence-electron chi connectivity index (χ4n) is 3.64. The Hall–Kier alpha value is -3.49. The van der Waals surface area contributed by atoms with Crippen LogP contribution in [0.25, 0.3) is 0 Å². The van der Waals surface area contributed by atoms with Crippen molar-refractivity contribution in [1.29, 1.82) is 0 Å². The summed E-state index contributed by atoms with van der Waals surface area (Å²) in [5, 5.41) is 4.14. The van der Waals surface area contributed by atoms with Gasteiger partial charge in [0.25, 0.3) is 15.2 Å². The van der Waals surface area contributed by atoms with Crippen LogP contribution in [0.4, 0.5) is 0 Å². The molecule has 3 aromatic carbocycles. The lowest BCUT2D eigenvalue weighted by Crippen LogP contribution is -2.33. The molecule has 0 saturated heterocycles. The number of aromatic nitrogens is 3. The Balaban J connectivity index is 1.36. The van der Waals surface area contributed by atoms with Crippen LogP contribution >= 0.6 is 0 Å². The van der Waals surface area contributed by atoms with E-state index in [1.807, 2.05) is 84.9 Å². The second-order valence-electron chi connectivity index (χ2n) is 8.01. The maximum atomic E-state index is 13.4. The van der Waals surface area contributed by atoms with Gasteiger partial charge in [-0.05, 0) is 36.6 Å². The first-order chi connectivity index (χ1) is 16.1. The molecule has 1 saturated carbocycles. The molecular formula is C25H24N4O3S. The van der Waals surface area contributed by atoms with Crippen molar-refractivity contribution in [2.75, 3.05) is 0 Å². The lowest BCUT2D eigenvalue weighted by Gasteiger charge is -2.20. The Bertz CT molecular complexity index is 1320. The summed E-state index contributed by atoms with van der Waals surface area (Å²) in [6.07, 6.45) is 3.17. The predicted molar refractivity (Wildman–Crippen MR) is 124 cm³/mol. The van der Waals surface area contributed by atoms with E-state index < -0.39 is 10.0 Å². The van der Waals surface area contributed by atoms with Gasteiger partial charge in [0.1, 0.15) is 17.8 Å². The molecule has 0 aliphatic heterocycles. The van der Waals surface area contributed by atoms with Gasteiger partial charge in [-0.15, -0.1) is 5.10 Å². The monoisotopic (exact) mass is 460 g/mol. The minimum absolute atomic E-state index is 0.00199. The SMILES string of the molecule is O=S(=O)(c1ncn(Cc2ccccc2Oc2ccccc2)n1)N(Cc1ccccc1)C1CC1. The summed E-state index contributed by atoms with van der Waals surface area (Å²) in [5.74, 6) is 1.42. The summed E-state index contributed by atoms with van der Waals surface area (Å²) in [5.41, 5.74) is 1.82. The number of rotatable bonds is 9. The van der Waals surface area contributed by atoms with Crippen LogP contribution in [0.5, 0.6) is 11.5 Å². The number of ether oxygens (including phenoxy) is 1. The second-order valence-corrected chi connectivity index (χ2v) is 9.80. The van der Waals surface area contributed by atoms with Crippen molar-refractivity contribution in [3.05, 3.63) is 102 Å².